The number of aromatic amines is 1. The van der Waals surface area contributed by atoms with Crippen LogP contribution in [0.15, 0.2) is 83.3 Å². The molecule has 0 unspecified atom stereocenters. The minimum atomic E-state index is -0.118. The largest absolute Gasteiger partial charge is 0.490 e. The average Bonchev–Trinajstić information content (AvgIpc) is 3.39. The number of aromatic nitrogens is 3. The van der Waals surface area contributed by atoms with Crippen molar-refractivity contribution in [2.45, 2.75) is 18.5 Å². The summed E-state index contributed by atoms with van der Waals surface area (Å²) in [6.45, 7) is 0.417. The van der Waals surface area contributed by atoms with Gasteiger partial charge in [0.15, 0.2) is 0 Å². The fraction of sp³-hybridized carbons (Fsp3) is 0.174. The van der Waals surface area contributed by atoms with Crippen molar-refractivity contribution in [2.24, 2.45) is 10.7 Å². The highest BCUT2D eigenvalue weighted by Gasteiger charge is 2.20. The Hall–Kier alpha value is -3.51. The molecule has 0 amide bonds. The Labute approximate surface area is 168 Å². The molecule has 29 heavy (non-hydrogen) atoms. The van der Waals surface area contributed by atoms with E-state index in [-0.39, 0.29) is 12.1 Å². The summed E-state index contributed by atoms with van der Waals surface area (Å²) in [5.74, 6) is 0.710. The van der Waals surface area contributed by atoms with Crippen molar-refractivity contribution in [3.8, 4) is 16.9 Å². The molecule has 3 heterocycles. The van der Waals surface area contributed by atoms with Gasteiger partial charge in [-0.25, -0.2) is 0 Å². The summed E-state index contributed by atoms with van der Waals surface area (Å²) in [5, 5.41) is 8.10. The highest BCUT2D eigenvalue weighted by Crippen LogP contribution is 2.27. The van der Waals surface area contributed by atoms with E-state index in [9.17, 15) is 0 Å². The van der Waals surface area contributed by atoms with Crippen LogP contribution in [0.25, 0.3) is 22.0 Å². The molecule has 3 aromatic rings. The number of aliphatic imine (C=N–C) groups is 1. The fourth-order valence-corrected chi connectivity index (χ4v) is 3.70. The Morgan fingerprint density at radius 3 is 3.03 bits per heavy atom. The molecular formula is C23H21N5O. The SMILES string of the molecule is N[C@H](COc1cncc(-c2ccc3[nH]ncc3c2)c1)CC1=C2C=CC=C[C@@H]2N=C1. The van der Waals surface area contributed by atoms with E-state index in [1.807, 2.05) is 49.0 Å². The molecule has 0 fully saturated rings. The van der Waals surface area contributed by atoms with E-state index >= 15 is 0 Å². The van der Waals surface area contributed by atoms with E-state index in [0.29, 0.717) is 12.4 Å². The third-order valence-corrected chi connectivity index (χ3v) is 5.19. The summed E-state index contributed by atoms with van der Waals surface area (Å²) in [7, 11) is 0. The number of rotatable bonds is 6. The molecule has 144 valence electrons. The first-order chi connectivity index (χ1) is 14.3. The third-order valence-electron chi connectivity index (χ3n) is 5.19. The van der Waals surface area contributed by atoms with E-state index in [1.54, 1.807) is 6.20 Å². The smallest absolute Gasteiger partial charge is 0.138 e. The number of nitrogens with zero attached hydrogens (tertiary/aromatic N) is 3. The topological polar surface area (TPSA) is 89.2 Å². The summed E-state index contributed by atoms with van der Waals surface area (Å²) in [6, 6.07) is 8.17. The summed E-state index contributed by atoms with van der Waals surface area (Å²) in [6.07, 6.45) is 16.3. The number of hydrogen-bond donors (Lipinski definition) is 2. The first-order valence-corrected chi connectivity index (χ1v) is 9.64. The van der Waals surface area contributed by atoms with Crippen molar-refractivity contribution in [3.05, 3.63) is 78.3 Å². The van der Waals surface area contributed by atoms with Crippen LogP contribution in [0.5, 0.6) is 5.75 Å². The van der Waals surface area contributed by atoms with E-state index < -0.39 is 0 Å². The molecule has 0 saturated heterocycles. The number of H-pyrrole nitrogens is 1. The van der Waals surface area contributed by atoms with Gasteiger partial charge < -0.3 is 10.5 Å². The van der Waals surface area contributed by atoms with Crippen LogP contribution in [0.1, 0.15) is 6.42 Å². The summed E-state index contributed by atoms with van der Waals surface area (Å²) in [5.41, 5.74) is 11.8. The van der Waals surface area contributed by atoms with E-state index in [0.717, 1.165) is 28.5 Å². The summed E-state index contributed by atoms with van der Waals surface area (Å²) in [4.78, 5) is 8.85. The molecular weight excluding hydrogens is 362 g/mol. The molecule has 0 bridgehead atoms. The third kappa shape index (κ3) is 3.62. The molecule has 1 aliphatic heterocycles. The average molecular weight is 383 g/mol. The number of ether oxygens (including phenoxy) is 1. The first kappa shape index (κ1) is 17.6. The van der Waals surface area contributed by atoms with Gasteiger partial charge in [-0.05, 0) is 41.3 Å². The van der Waals surface area contributed by atoms with Gasteiger partial charge in [-0.3, -0.25) is 15.1 Å². The lowest BCUT2D eigenvalue weighted by molar-refractivity contribution is 0.287. The quantitative estimate of drug-likeness (QED) is 0.681. The zero-order valence-corrected chi connectivity index (χ0v) is 15.8. The maximum atomic E-state index is 6.33. The molecule has 0 spiro atoms. The lowest BCUT2D eigenvalue weighted by Gasteiger charge is -2.15. The van der Waals surface area contributed by atoms with Crippen LogP contribution in [-0.2, 0) is 0 Å². The molecule has 0 saturated carbocycles. The van der Waals surface area contributed by atoms with Gasteiger partial charge in [-0.15, -0.1) is 0 Å². The lowest BCUT2D eigenvalue weighted by atomic mass is 9.96. The Bertz CT molecular complexity index is 1170. The molecule has 1 aliphatic carbocycles. The van der Waals surface area contributed by atoms with Gasteiger partial charge in [0.25, 0.3) is 0 Å². The molecule has 6 nitrogen and oxygen atoms in total. The Morgan fingerprint density at radius 1 is 1.10 bits per heavy atom. The van der Waals surface area contributed by atoms with Crippen molar-refractivity contribution in [1.82, 2.24) is 15.2 Å². The summed E-state index contributed by atoms with van der Waals surface area (Å²) >= 11 is 0. The van der Waals surface area contributed by atoms with Crippen LogP contribution in [0.2, 0.25) is 0 Å². The molecule has 2 aromatic heterocycles. The predicted molar refractivity (Wildman–Crippen MR) is 115 cm³/mol. The molecule has 0 radical (unpaired) electrons. The number of nitrogens with two attached hydrogens (primary N) is 1. The van der Waals surface area contributed by atoms with Gasteiger partial charge in [0.1, 0.15) is 12.4 Å². The van der Waals surface area contributed by atoms with Gasteiger partial charge in [0, 0.05) is 29.4 Å². The minimum Gasteiger partial charge on any atom is -0.490 e. The van der Waals surface area contributed by atoms with Crippen LogP contribution in [-0.4, -0.2) is 40.1 Å². The van der Waals surface area contributed by atoms with Crippen LogP contribution >= 0.6 is 0 Å². The van der Waals surface area contributed by atoms with E-state index in [2.05, 4.69) is 38.4 Å². The Kier molecular flexibility index (Phi) is 4.54. The van der Waals surface area contributed by atoms with Crippen molar-refractivity contribution in [1.29, 1.82) is 0 Å². The van der Waals surface area contributed by atoms with Gasteiger partial charge in [-0.1, -0.05) is 30.4 Å². The second-order valence-corrected chi connectivity index (χ2v) is 7.30. The number of hydrogen-bond acceptors (Lipinski definition) is 5. The van der Waals surface area contributed by atoms with Crippen molar-refractivity contribution >= 4 is 17.1 Å². The van der Waals surface area contributed by atoms with Gasteiger partial charge >= 0.3 is 0 Å². The van der Waals surface area contributed by atoms with Crippen LogP contribution in [0.3, 0.4) is 0 Å². The molecule has 2 aliphatic rings. The van der Waals surface area contributed by atoms with Crippen LogP contribution in [0, 0.1) is 0 Å². The number of nitrogens with one attached hydrogen (secondary N) is 1. The van der Waals surface area contributed by atoms with Gasteiger partial charge in [-0.2, -0.15) is 5.10 Å². The maximum Gasteiger partial charge on any atom is 0.138 e. The molecule has 5 rings (SSSR count). The lowest BCUT2D eigenvalue weighted by Crippen LogP contribution is -2.28. The number of allylic oxidation sites excluding steroid dienone is 2. The van der Waals surface area contributed by atoms with Gasteiger partial charge in [0.05, 0.1) is 24.0 Å². The Balaban J connectivity index is 1.25. The highest BCUT2D eigenvalue weighted by molar-refractivity contribution is 5.85. The number of fused-ring (bicyclic) bond motifs is 2. The molecule has 6 heteroatoms. The van der Waals surface area contributed by atoms with E-state index in [4.69, 9.17) is 10.5 Å². The second-order valence-electron chi connectivity index (χ2n) is 7.30. The zero-order valence-electron chi connectivity index (χ0n) is 15.8. The number of benzene rings is 1. The fourth-order valence-electron chi connectivity index (χ4n) is 3.70. The van der Waals surface area contributed by atoms with E-state index in [1.165, 1.54) is 11.1 Å². The molecule has 2 atom stereocenters. The minimum absolute atomic E-state index is 0.118. The molecule has 3 N–H and O–H groups in total. The zero-order chi connectivity index (χ0) is 19.6. The Morgan fingerprint density at radius 2 is 2.07 bits per heavy atom. The van der Waals surface area contributed by atoms with Crippen LogP contribution in [0.4, 0.5) is 0 Å². The monoisotopic (exact) mass is 383 g/mol. The van der Waals surface area contributed by atoms with Crippen molar-refractivity contribution < 1.29 is 4.74 Å². The van der Waals surface area contributed by atoms with Crippen molar-refractivity contribution in [2.75, 3.05) is 6.61 Å². The summed E-state index contributed by atoms with van der Waals surface area (Å²) < 4.78 is 5.94. The molecule has 1 aromatic carbocycles. The number of pyridine rings is 1. The van der Waals surface area contributed by atoms with Gasteiger partial charge in [0.2, 0.25) is 0 Å². The second kappa shape index (κ2) is 7.48. The normalized spacial score (nSPS) is 18.4. The standard InChI is InChI=1S/C23H21N5O/c24-19(8-17-11-26-23-4-2-1-3-21(17)23)14-29-20-9-16(10-25-13-20)15-5-6-22-18(7-15)12-27-28-22/h1-7,9-13,19,23H,8,14,24H2,(H,27,28)/t19-,23-/m0/s1. The van der Waals surface area contributed by atoms with Crippen LogP contribution < -0.4 is 10.5 Å². The highest BCUT2D eigenvalue weighted by atomic mass is 16.5. The van der Waals surface area contributed by atoms with Crippen molar-refractivity contribution in [3.63, 3.8) is 0 Å². The first-order valence-electron chi connectivity index (χ1n) is 9.64. The predicted octanol–water partition coefficient (Wildman–Crippen LogP) is 3.60. The maximum absolute atomic E-state index is 6.33.